The van der Waals surface area contributed by atoms with Crippen LogP contribution in [0.15, 0.2) is 24.7 Å². The van der Waals surface area contributed by atoms with Crippen LogP contribution in [0.3, 0.4) is 0 Å². The minimum absolute atomic E-state index is 0.0392. The van der Waals surface area contributed by atoms with Gasteiger partial charge in [-0.25, -0.2) is 0 Å². The van der Waals surface area contributed by atoms with Crippen molar-refractivity contribution in [3.05, 3.63) is 24.7 Å². The van der Waals surface area contributed by atoms with Gasteiger partial charge in [-0.15, -0.1) is 0 Å². The van der Waals surface area contributed by atoms with Crippen molar-refractivity contribution < 1.29 is 4.79 Å². The molecule has 27 heavy (non-hydrogen) atoms. The van der Waals surface area contributed by atoms with Gasteiger partial charge in [0.2, 0.25) is 5.91 Å². The lowest BCUT2D eigenvalue weighted by molar-refractivity contribution is -0.123. The molecule has 0 heterocycles. The van der Waals surface area contributed by atoms with Gasteiger partial charge in [0.1, 0.15) is 6.04 Å². The molecule has 0 radical (unpaired) electrons. The van der Waals surface area contributed by atoms with Crippen molar-refractivity contribution in [3.63, 3.8) is 0 Å². The molecule has 1 amide bonds. The molecule has 0 aromatic carbocycles. The lowest BCUT2D eigenvalue weighted by Gasteiger charge is -2.21. The van der Waals surface area contributed by atoms with Gasteiger partial charge in [-0.05, 0) is 32.6 Å². The smallest absolute Gasteiger partial charge is 0.242 e. The Morgan fingerprint density at radius 2 is 1.48 bits per heavy atom. The zero-order valence-corrected chi connectivity index (χ0v) is 17.9. The number of unbranched alkanes of at least 4 members (excludes halogenated alkanes) is 8. The van der Waals surface area contributed by atoms with Gasteiger partial charge in [0, 0.05) is 18.8 Å². The first kappa shape index (κ1) is 25.4. The van der Waals surface area contributed by atoms with Crippen LogP contribution >= 0.6 is 0 Å². The van der Waals surface area contributed by atoms with E-state index < -0.39 is 0 Å². The maximum Gasteiger partial charge on any atom is 0.242 e. The largest absolute Gasteiger partial charge is 0.386 e. The van der Waals surface area contributed by atoms with Crippen molar-refractivity contribution in [2.45, 2.75) is 96.9 Å². The molecule has 1 atom stereocenters. The Labute approximate surface area is 167 Å². The van der Waals surface area contributed by atoms with Gasteiger partial charge in [0.15, 0.2) is 0 Å². The van der Waals surface area contributed by atoms with Crippen LogP contribution in [0, 0.1) is 0 Å². The normalized spacial score (nSPS) is 11.6. The first-order valence-electron chi connectivity index (χ1n) is 10.9. The molecule has 5 nitrogen and oxygen atoms in total. The number of amides is 1. The molecular formula is C22H44N4O. The van der Waals surface area contributed by atoms with E-state index in [0.717, 1.165) is 37.9 Å². The second kappa shape index (κ2) is 17.7. The molecule has 0 rings (SSSR count). The van der Waals surface area contributed by atoms with Gasteiger partial charge in [0.25, 0.3) is 0 Å². The first-order chi connectivity index (χ1) is 13.0. The summed E-state index contributed by atoms with van der Waals surface area (Å²) in [5, 5.41) is 9.22. The van der Waals surface area contributed by atoms with Crippen molar-refractivity contribution >= 4 is 5.91 Å². The Morgan fingerprint density at radius 3 is 2.04 bits per heavy atom. The van der Waals surface area contributed by atoms with E-state index in [2.05, 4.69) is 36.0 Å². The van der Waals surface area contributed by atoms with E-state index in [9.17, 15) is 4.79 Å². The summed E-state index contributed by atoms with van der Waals surface area (Å²) in [5.41, 5.74) is 6.47. The van der Waals surface area contributed by atoms with Gasteiger partial charge in [0.05, 0.1) is 5.82 Å². The first-order valence-corrected chi connectivity index (χ1v) is 10.9. The lowest BCUT2D eigenvalue weighted by atomic mass is 10.1. The number of likely N-dealkylation sites (N-methyl/N-ethyl adjacent to an activating group) is 1. The minimum Gasteiger partial charge on any atom is -0.386 e. The fraction of sp³-hybridized carbons (Fsp3) is 0.773. The van der Waals surface area contributed by atoms with E-state index >= 15 is 0 Å². The predicted octanol–water partition coefficient (Wildman–Crippen LogP) is 4.32. The quantitative estimate of drug-likeness (QED) is 0.252. The van der Waals surface area contributed by atoms with Crippen LogP contribution in [0.5, 0.6) is 0 Å². The van der Waals surface area contributed by atoms with Crippen LogP contribution in [0.4, 0.5) is 0 Å². The number of carbonyl (C=O) groups excluding carboxylic acids is 1. The molecule has 158 valence electrons. The van der Waals surface area contributed by atoms with Crippen LogP contribution in [-0.2, 0) is 4.79 Å². The highest BCUT2D eigenvalue weighted by Crippen LogP contribution is 2.12. The zero-order chi connectivity index (χ0) is 20.3. The van der Waals surface area contributed by atoms with E-state index in [1.165, 1.54) is 51.4 Å². The number of hydrogen-bond donors (Lipinski definition) is 4. The highest BCUT2D eigenvalue weighted by Gasteiger charge is 2.17. The summed E-state index contributed by atoms with van der Waals surface area (Å²) in [5.74, 6) is 0.504. The molecule has 0 aliphatic rings. The van der Waals surface area contributed by atoms with E-state index in [-0.39, 0.29) is 11.9 Å². The van der Waals surface area contributed by atoms with Crippen LogP contribution in [0.25, 0.3) is 0 Å². The summed E-state index contributed by atoms with van der Waals surface area (Å²) < 4.78 is 0. The Morgan fingerprint density at radius 1 is 0.889 bits per heavy atom. The van der Waals surface area contributed by atoms with Crippen molar-refractivity contribution in [3.8, 4) is 0 Å². The second-order valence-electron chi connectivity index (χ2n) is 7.37. The Hall–Kier alpha value is -1.65. The lowest BCUT2D eigenvalue weighted by Crippen LogP contribution is -2.44. The molecule has 0 spiro atoms. The van der Waals surface area contributed by atoms with Gasteiger partial charge >= 0.3 is 0 Å². The number of hydrogen-bond acceptors (Lipinski definition) is 4. The molecule has 0 fully saturated rings. The van der Waals surface area contributed by atoms with E-state index in [4.69, 9.17) is 5.73 Å². The molecule has 5 N–H and O–H groups in total. The zero-order valence-electron chi connectivity index (χ0n) is 17.9. The van der Waals surface area contributed by atoms with E-state index in [1.807, 2.05) is 6.92 Å². The second-order valence-corrected chi connectivity index (χ2v) is 7.37. The van der Waals surface area contributed by atoms with Crippen molar-refractivity contribution in [1.82, 2.24) is 16.0 Å². The number of carbonyl (C=O) groups is 1. The predicted molar refractivity (Wildman–Crippen MR) is 117 cm³/mol. The Kier molecular flexibility index (Phi) is 16.7. The van der Waals surface area contributed by atoms with Crippen LogP contribution in [0.2, 0.25) is 0 Å². The fourth-order valence-corrected chi connectivity index (χ4v) is 3.09. The summed E-state index contributed by atoms with van der Waals surface area (Å²) in [4.78, 5) is 12.3. The van der Waals surface area contributed by atoms with Gasteiger partial charge in [-0.3, -0.25) is 4.79 Å². The van der Waals surface area contributed by atoms with Crippen molar-refractivity contribution in [2.75, 3.05) is 13.1 Å². The molecule has 0 bridgehead atoms. The molecule has 0 aliphatic carbocycles. The molecule has 1 unspecified atom stereocenters. The standard InChI is InChI=1S/C22H44N4O/c1-5-7-8-9-10-11-12-13-14-16-19(3)26-21(22(27)24-6-2)17-15-18-25-20(4)23/h21,25-26H,3-18,23H2,1-2H3,(H,24,27). The highest BCUT2D eigenvalue weighted by atomic mass is 16.2. The third kappa shape index (κ3) is 16.3. The summed E-state index contributed by atoms with van der Waals surface area (Å²) in [6.45, 7) is 13.3. The van der Waals surface area contributed by atoms with Gasteiger partial charge < -0.3 is 21.7 Å². The number of allylic oxidation sites excluding steroid dienone is 1. The summed E-state index contributed by atoms with van der Waals surface area (Å²) in [6.07, 6.45) is 14.3. The number of nitrogens with two attached hydrogens (primary N) is 1. The number of rotatable bonds is 19. The van der Waals surface area contributed by atoms with Gasteiger partial charge in [-0.2, -0.15) is 0 Å². The number of nitrogens with one attached hydrogen (secondary N) is 3. The topological polar surface area (TPSA) is 79.2 Å². The van der Waals surface area contributed by atoms with Crippen LogP contribution < -0.4 is 21.7 Å². The minimum atomic E-state index is -0.233. The monoisotopic (exact) mass is 380 g/mol. The third-order valence-corrected chi connectivity index (χ3v) is 4.65. The van der Waals surface area contributed by atoms with Crippen molar-refractivity contribution in [1.29, 1.82) is 0 Å². The Bertz CT molecular complexity index is 409. The average Bonchev–Trinajstić information content (AvgIpc) is 2.62. The fourth-order valence-electron chi connectivity index (χ4n) is 3.09. The molecule has 0 aliphatic heterocycles. The Balaban J connectivity index is 3.95. The van der Waals surface area contributed by atoms with Crippen LogP contribution in [0.1, 0.15) is 90.9 Å². The summed E-state index contributed by atoms with van der Waals surface area (Å²) >= 11 is 0. The highest BCUT2D eigenvalue weighted by molar-refractivity contribution is 5.81. The third-order valence-electron chi connectivity index (χ3n) is 4.65. The maximum atomic E-state index is 12.3. The SMILES string of the molecule is C=C(N)NCCCC(NC(=C)CCCCCCCCCCC)C(=O)NCC. The van der Waals surface area contributed by atoms with Crippen molar-refractivity contribution in [2.24, 2.45) is 5.73 Å². The summed E-state index contributed by atoms with van der Waals surface area (Å²) in [7, 11) is 0. The molecule has 0 saturated heterocycles. The molecule has 5 heteroatoms. The van der Waals surface area contributed by atoms with E-state index in [0.29, 0.717) is 12.4 Å². The maximum absolute atomic E-state index is 12.3. The van der Waals surface area contributed by atoms with E-state index in [1.54, 1.807) is 0 Å². The molecule has 0 saturated carbocycles. The molecule has 0 aromatic rings. The summed E-state index contributed by atoms with van der Waals surface area (Å²) in [6, 6.07) is -0.233. The van der Waals surface area contributed by atoms with Crippen LogP contribution in [-0.4, -0.2) is 25.0 Å². The molecule has 0 aromatic heterocycles. The average molecular weight is 381 g/mol. The molecular weight excluding hydrogens is 336 g/mol. The van der Waals surface area contributed by atoms with Gasteiger partial charge in [-0.1, -0.05) is 71.4 Å².